The van der Waals surface area contributed by atoms with Gasteiger partial charge in [0.1, 0.15) is 0 Å². The zero-order valence-electron chi connectivity index (χ0n) is 8.41. The van der Waals surface area contributed by atoms with Crippen molar-refractivity contribution in [2.75, 3.05) is 6.54 Å². The van der Waals surface area contributed by atoms with E-state index in [4.69, 9.17) is 0 Å². The van der Waals surface area contributed by atoms with Crippen LogP contribution in [0.3, 0.4) is 0 Å². The van der Waals surface area contributed by atoms with Crippen LogP contribution in [0.4, 0.5) is 0 Å². The van der Waals surface area contributed by atoms with Crippen LogP contribution in [-0.2, 0) is 0 Å². The fourth-order valence-electron chi connectivity index (χ4n) is 2.37. The van der Waals surface area contributed by atoms with E-state index in [1.54, 1.807) is 0 Å². The zero-order valence-corrected chi connectivity index (χ0v) is 10.00. The molecule has 0 spiro atoms. The highest BCUT2D eigenvalue weighted by Crippen LogP contribution is 2.34. The Morgan fingerprint density at radius 1 is 1.40 bits per heavy atom. The van der Waals surface area contributed by atoms with Gasteiger partial charge in [-0.1, -0.05) is 6.08 Å². The van der Waals surface area contributed by atoms with Gasteiger partial charge in [-0.2, -0.15) is 0 Å². The van der Waals surface area contributed by atoms with Crippen LogP contribution >= 0.6 is 15.9 Å². The molecule has 3 heteroatoms. The van der Waals surface area contributed by atoms with E-state index in [2.05, 4.69) is 38.4 Å². The zero-order chi connectivity index (χ0) is 10.3. The van der Waals surface area contributed by atoms with Crippen molar-refractivity contribution >= 4 is 21.5 Å². The first-order chi connectivity index (χ1) is 7.33. The number of allylic oxidation sites excluding steroid dienone is 1. The summed E-state index contributed by atoms with van der Waals surface area (Å²) in [5.74, 6) is 0.883. The van der Waals surface area contributed by atoms with Gasteiger partial charge in [0.05, 0.1) is 0 Å². The molecule has 1 aliphatic carbocycles. The summed E-state index contributed by atoms with van der Waals surface area (Å²) in [6.07, 6.45) is 8.54. The van der Waals surface area contributed by atoms with Gasteiger partial charge in [0.2, 0.25) is 0 Å². The molecule has 2 nitrogen and oxygen atoms in total. The van der Waals surface area contributed by atoms with E-state index in [0.717, 1.165) is 16.8 Å². The topological polar surface area (TPSA) is 24.9 Å². The lowest BCUT2D eigenvalue weighted by Gasteiger charge is -2.41. The molecule has 1 fully saturated rings. The molecule has 1 aromatic heterocycles. The van der Waals surface area contributed by atoms with Crippen molar-refractivity contribution in [3.63, 3.8) is 0 Å². The molecule has 3 rings (SSSR count). The fourth-order valence-corrected chi connectivity index (χ4v) is 2.74. The van der Waals surface area contributed by atoms with E-state index in [1.807, 2.05) is 12.4 Å². The van der Waals surface area contributed by atoms with Gasteiger partial charge < -0.3 is 5.32 Å². The summed E-state index contributed by atoms with van der Waals surface area (Å²) in [6, 6.07) is 2.86. The molecule has 1 aromatic rings. The highest BCUT2D eigenvalue weighted by molar-refractivity contribution is 9.10. The van der Waals surface area contributed by atoms with Gasteiger partial charge in [0, 0.05) is 29.5 Å². The lowest BCUT2D eigenvalue weighted by atomic mass is 9.78. The average Bonchev–Trinajstić information content (AvgIpc) is 2.20. The van der Waals surface area contributed by atoms with Crippen molar-refractivity contribution in [1.29, 1.82) is 0 Å². The predicted molar refractivity (Wildman–Crippen MR) is 64.4 cm³/mol. The van der Waals surface area contributed by atoms with Gasteiger partial charge in [-0.25, -0.2) is 0 Å². The van der Waals surface area contributed by atoms with E-state index in [9.17, 15) is 0 Å². The van der Waals surface area contributed by atoms with E-state index < -0.39 is 0 Å². The molecular formula is C12H13BrN2. The number of fused-ring (bicyclic) bond motifs is 1. The molecule has 0 radical (unpaired) electrons. The van der Waals surface area contributed by atoms with Gasteiger partial charge in [-0.3, -0.25) is 4.98 Å². The Labute approximate surface area is 97.9 Å². The summed E-state index contributed by atoms with van der Waals surface area (Å²) < 4.78 is 1.06. The number of pyridine rings is 1. The number of rotatable bonds is 1. The second-order valence-corrected chi connectivity index (χ2v) is 5.25. The minimum atomic E-state index is 0.712. The molecule has 15 heavy (non-hydrogen) atoms. The summed E-state index contributed by atoms with van der Waals surface area (Å²) in [7, 11) is 0. The number of hydrogen-bond donors (Lipinski definition) is 1. The number of aromatic nitrogens is 1. The van der Waals surface area contributed by atoms with Gasteiger partial charge in [0.25, 0.3) is 0 Å². The number of nitrogens with zero attached hydrogens (tertiary/aromatic N) is 1. The molecule has 1 aliphatic heterocycles. The minimum Gasteiger partial charge on any atom is -0.313 e. The molecule has 2 atom stereocenters. The first kappa shape index (κ1) is 9.55. The number of halogens is 1. The number of hydrogen-bond acceptors (Lipinski definition) is 2. The Morgan fingerprint density at radius 3 is 3.00 bits per heavy atom. The second kappa shape index (κ2) is 3.72. The van der Waals surface area contributed by atoms with Crippen LogP contribution in [0.15, 0.2) is 29.0 Å². The van der Waals surface area contributed by atoms with E-state index in [0.29, 0.717) is 6.04 Å². The van der Waals surface area contributed by atoms with E-state index in [1.165, 1.54) is 24.1 Å². The smallest absolute Gasteiger partial charge is 0.0410 e. The Hall–Kier alpha value is -0.670. The van der Waals surface area contributed by atoms with Crippen LogP contribution in [-0.4, -0.2) is 17.6 Å². The Kier molecular flexibility index (Phi) is 2.37. The SMILES string of the molecule is Brc1cncc(C2=CCC3CNC3C2)c1. The van der Waals surface area contributed by atoms with Crippen LogP contribution in [0, 0.1) is 5.92 Å². The van der Waals surface area contributed by atoms with Crippen molar-refractivity contribution in [3.8, 4) is 0 Å². The lowest BCUT2D eigenvalue weighted by molar-refractivity contribution is 0.231. The highest BCUT2D eigenvalue weighted by atomic mass is 79.9. The third-order valence-electron chi connectivity index (χ3n) is 3.39. The van der Waals surface area contributed by atoms with Gasteiger partial charge >= 0.3 is 0 Å². The first-order valence-electron chi connectivity index (χ1n) is 5.36. The predicted octanol–water partition coefficient (Wildman–Crippen LogP) is 2.61. The monoisotopic (exact) mass is 264 g/mol. The molecule has 0 aromatic carbocycles. The molecule has 2 aliphatic rings. The van der Waals surface area contributed by atoms with E-state index >= 15 is 0 Å². The molecule has 1 N–H and O–H groups in total. The summed E-state index contributed by atoms with van der Waals surface area (Å²) in [4.78, 5) is 4.21. The van der Waals surface area contributed by atoms with Gasteiger partial charge in [-0.15, -0.1) is 0 Å². The molecule has 0 bridgehead atoms. The van der Waals surface area contributed by atoms with Crippen molar-refractivity contribution in [2.24, 2.45) is 5.92 Å². The van der Waals surface area contributed by atoms with Gasteiger partial charge in [-0.05, 0) is 51.9 Å². The number of nitrogens with one attached hydrogen (secondary N) is 1. The summed E-state index contributed by atoms with van der Waals surface area (Å²) in [5.41, 5.74) is 2.70. The quantitative estimate of drug-likeness (QED) is 0.844. The van der Waals surface area contributed by atoms with Crippen molar-refractivity contribution in [3.05, 3.63) is 34.6 Å². The second-order valence-electron chi connectivity index (χ2n) is 4.34. The largest absolute Gasteiger partial charge is 0.313 e. The third kappa shape index (κ3) is 1.74. The van der Waals surface area contributed by atoms with E-state index in [-0.39, 0.29) is 0 Å². The molecule has 78 valence electrons. The van der Waals surface area contributed by atoms with Crippen LogP contribution in [0.25, 0.3) is 5.57 Å². The van der Waals surface area contributed by atoms with Crippen LogP contribution in [0.1, 0.15) is 18.4 Å². The molecule has 2 heterocycles. The molecule has 1 saturated heterocycles. The maximum absolute atomic E-state index is 4.21. The van der Waals surface area contributed by atoms with Crippen molar-refractivity contribution in [1.82, 2.24) is 10.3 Å². The van der Waals surface area contributed by atoms with Crippen molar-refractivity contribution < 1.29 is 0 Å². The Morgan fingerprint density at radius 2 is 2.33 bits per heavy atom. The normalized spacial score (nSPS) is 29.0. The molecule has 0 saturated carbocycles. The van der Waals surface area contributed by atoms with Crippen LogP contribution in [0.2, 0.25) is 0 Å². The molecule has 2 unspecified atom stereocenters. The Balaban J connectivity index is 1.88. The standard InChI is InChI=1S/C12H13BrN2/c13-11-3-10(5-14-7-11)8-1-2-9-6-15-12(9)4-8/h1,3,5,7,9,12,15H,2,4,6H2. The maximum atomic E-state index is 4.21. The maximum Gasteiger partial charge on any atom is 0.0410 e. The van der Waals surface area contributed by atoms with Gasteiger partial charge in [0.15, 0.2) is 0 Å². The molecular weight excluding hydrogens is 252 g/mol. The van der Waals surface area contributed by atoms with Crippen LogP contribution < -0.4 is 5.32 Å². The van der Waals surface area contributed by atoms with Crippen molar-refractivity contribution in [2.45, 2.75) is 18.9 Å². The lowest BCUT2D eigenvalue weighted by Crippen LogP contribution is -2.53. The minimum absolute atomic E-state index is 0.712. The summed E-state index contributed by atoms with van der Waals surface area (Å²) in [5, 5.41) is 3.49. The average molecular weight is 265 g/mol. The summed E-state index contributed by atoms with van der Waals surface area (Å²) >= 11 is 3.46. The Bertz CT molecular complexity index is 414. The summed E-state index contributed by atoms with van der Waals surface area (Å²) in [6.45, 7) is 1.20. The van der Waals surface area contributed by atoms with Crippen LogP contribution in [0.5, 0.6) is 0 Å². The molecule has 0 amide bonds. The fraction of sp³-hybridized carbons (Fsp3) is 0.417. The first-order valence-corrected chi connectivity index (χ1v) is 6.15. The highest BCUT2D eigenvalue weighted by Gasteiger charge is 2.32. The third-order valence-corrected chi connectivity index (χ3v) is 3.83.